The average Bonchev–Trinajstić information content (AvgIpc) is 2.55. The Morgan fingerprint density at radius 2 is 1.84 bits per heavy atom. The fourth-order valence-corrected chi connectivity index (χ4v) is 3.62. The number of amides is 1. The van der Waals surface area contributed by atoms with Crippen molar-refractivity contribution in [3.05, 3.63) is 64.4 Å². The van der Waals surface area contributed by atoms with Gasteiger partial charge < -0.3 is 5.32 Å². The van der Waals surface area contributed by atoms with Crippen molar-refractivity contribution in [1.29, 1.82) is 0 Å². The second-order valence-electron chi connectivity index (χ2n) is 5.65. The molecule has 1 atom stereocenters. The van der Waals surface area contributed by atoms with Gasteiger partial charge in [0.1, 0.15) is 10.7 Å². The van der Waals surface area contributed by atoms with E-state index in [0.29, 0.717) is 5.56 Å². The molecule has 0 saturated carbocycles. The van der Waals surface area contributed by atoms with Gasteiger partial charge in [0.25, 0.3) is 5.91 Å². The molecule has 5 nitrogen and oxygen atoms in total. The molecule has 0 aliphatic rings. The van der Waals surface area contributed by atoms with Crippen LogP contribution in [0, 0.1) is 5.82 Å². The van der Waals surface area contributed by atoms with E-state index in [1.807, 2.05) is 0 Å². The van der Waals surface area contributed by atoms with Gasteiger partial charge in [-0.25, -0.2) is 17.1 Å². The van der Waals surface area contributed by atoms with E-state index >= 15 is 0 Å². The van der Waals surface area contributed by atoms with Crippen molar-refractivity contribution in [2.24, 2.45) is 0 Å². The van der Waals surface area contributed by atoms with Crippen LogP contribution in [0.1, 0.15) is 28.9 Å². The lowest BCUT2D eigenvalue weighted by atomic mass is 10.1. The molecule has 2 rings (SSSR count). The van der Waals surface area contributed by atoms with E-state index in [1.165, 1.54) is 38.4 Å². The van der Waals surface area contributed by atoms with Gasteiger partial charge in [0, 0.05) is 25.2 Å². The molecule has 0 heterocycles. The predicted molar refractivity (Wildman–Crippen MR) is 94.6 cm³/mol. The SMILES string of the molecule is C[C@H](NC(=O)c1ccc(Cl)c(S(=O)(=O)N(C)C)c1)c1ccccc1F. The molecule has 1 N–H and O–H groups in total. The van der Waals surface area contributed by atoms with Crippen LogP contribution in [0.25, 0.3) is 0 Å². The van der Waals surface area contributed by atoms with Crippen molar-refractivity contribution < 1.29 is 17.6 Å². The zero-order valence-corrected chi connectivity index (χ0v) is 15.5. The number of hydrogen-bond acceptors (Lipinski definition) is 3. The maximum atomic E-state index is 13.8. The minimum atomic E-state index is -3.79. The van der Waals surface area contributed by atoms with Gasteiger partial charge >= 0.3 is 0 Å². The smallest absolute Gasteiger partial charge is 0.251 e. The highest BCUT2D eigenvalue weighted by molar-refractivity contribution is 7.89. The van der Waals surface area contributed by atoms with E-state index in [9.17, 15) is 17.6 Å². The number of halogens is 2. The Balaban J connectivity index is 2.30. The molecule has 0 fully saturated rings. The van der Waals surface area contributed by atoms with Gasteiger partial charge in [-0.3, -0.25) is 4.79 Å². The third-order valence-electron chi connectivity index (χ3n) is 3.67. The maximum Gasteiger partial charge on any atom is 0.251 e. The van der Waals surface area contributed by atoms with Gasteiger partial charge in [-0.1, -0.05) is 29.8 Å². The first-order valence-electron chi connectivity index (χ1n) is 7.42. The monoisotopic (exact) mass is 384 g/mol. The van der Waals surface area contributed by atoms with E-state index in [4.69, 9.17) is 11.6 Å². The highest BCUT2D eigenvalue weighted by Gasteiger charge is 2.23. The molecule has 0 unspecified atom stereocenters. The zero-order chi connectivity index (χ0) is 18.8. The Kier molecular flexibility index (Phi) is 5.82. The van der Waals surface area contributed by atoms with Crippen molar-refractivity contribution in [1.82, 2.24) is 9.62 Å². The third-order valence-corrected chi connectivity index (χ3v) is 5.97. The summed E-state index contributed by atoms with van der Waals surface area (Å²) >= 11 is 5.96. The Morgan fingerprint density at radius 1 is 1.20 bits per heavy atom. The minimum Gasteiger partial charge on any atom is -0.345 e. The lowest BCUT2D eigenvalue weighted by Crippen LogP contribution is -2.28. The van der Waals surface area contributed by atoms with Crippen molar-refractivity contribution in [3.8, 4) is 0 Å². The third kappa shape index (κ3) is 4.18. The molecule has 8 heteroatoms. The molecule has 134 valence electrons. The molecule has 0 aliphatic carbocycles. The topological polar surface area (TPSA) is 66.5 Å². The number of carbonyl (C=O) groups excluding carboxylic acids is 1. The maximum absolute atomic E-state index is 13.8. The Labute approximate surface area is 151 Å². The predicted octanol–water partition coefficient (Wildman–Crippen LogP) is 3.22. The molecule has 2 aromatic carbocycles. The molecule has 25 heavy (non-hydrogen) atoms. The molecule has 0 saturated heterocycles. The fourth-order valence-electron chi connectivity index (χ4n) is 2.22. The molecule has 0 bridgehead atoms. The van der Waals surface area contributed by atoms with E-state index in [-0.39, 0.29) is 15.5 Å². The van der Waals surface area contributed by atoms with Crippen LogP contribution < -0.4 is 5.32 Å². The Hall–Kier alpha value is -1.96. The molecule has 1 amide bonds. The van der Waals surface area contributed by atoms with Crippen LogP contribution in [-0.4, -0.2) is 32.7 Å². The lowest BCUT2D eigenvalue weighted by molar-refractivity contribution is 0.0939. The first-order valence-corrected chi connectivity index (χ1v) is 9.23. The molecule has 0 radical (unpaired) electrons. The van der Waals surface area contributed by atoms with Gasteiger partial charge in [-0.15, -0.1) is 0 Å². The Bertz CT molecular complexity index is 901. The van der Waals surface area contributed by atoms with Crippen molar-refractivity contribution in [2.45, 2.75) is 17.9 Å². The van der Waals surface area contributed by atoms with Crippen molar-refractivity contribution >= 4 is 27.5 Å². The van der Waals surface area contributed by atoms with Crippen molar-refractivity contribution in [3.63, 3.8) is 0 Å². The normalized spacial score (nSPS) is 12.9. The van der Waals surface area contributed by atoms with Gasteiger partial charge in [-0.05, 0) is 31.2 Å². The van der Waals surface area contributed by atoms with E-state index in [0.717, 1.165) is 4.31 Å². The number of rotatable bonds is 5. The summed E-state index contributed by atoms with van der Waals surface area (Å²) in [5.74, 6) is -0.954. The quantitative estimate of drug-likeness (QED) is 0.860. The summed E-state index contributed by atoms with van der Waals surface area (Å²) in [5, 5.41) is 2.67. The zero-order valence-electron chi connectivity index (χ0n) is 14.0. The summed E-state index contributed by atoms with van der Waals surface area (Å²) in [6.45, 7) is 1.64. The minimum absolute atomic E-state index is 0.0207. The second-order valence-corrected chi connectivity index (χ2v) is 8.18. The number of nitrogens with one attached hydrogen (secondary N) is 1. The molecular formula is C17H18ClFN2O3S. The summed E-state index contributed by atoms with van der Waals surface area (Å²) in [6, 6.07) is 9.50. The van der Waals surface area contributed by atoms with E-state index < -0.39 is 27.8 Å². The molecular weight excluding hydrogens is 367 g/mol. The van der Waals surface area contributed by atoms with Gasteiger partial charge in [0.2, 0.25) is 10.0 Å². The van der Waals surface area contributed by atoms with Crippen LogP contribution in [0.5, 0.6) is 0 Å². The van der Waals surface area contributed by atoms with Gasteiger partial charge in [-0.2, -0.15) is 0 Å². The summed E-state index contributed by atoms with van der Waals surface area (Å²) in [6.07, 6.45) is 0. The van der Waals surface area contributed by atoms with E-state index in [1.54, 1.807) is 25.1 Å². The van der Waals surface area contributed by atoms with E-state index in [2.05, 4.69) is 5.32 Å². The number of benzene rings is 2. The summed E-state index contributed by atoms with van der Waals surface area (Å²) in [4.78, 5) is 12.3. The standard InChI is InChI=1S/C17H18ClFN2O3S/c1-11(13-6-4-5-7-15(13)19)20-17(22)12-8-9-14(18)16(10-12)25(23,24)21(2)3/h4-11H,1-3H3,(H,20,22)/t11-/m0/s1. The van der Waals surface area contributed by atoms with Crippen LogP contribution in [0.4, 0.5) is 4.39 Å². The number of hydrogen-bond donors (Lipinski definition) is 1. The summed E-state index contributed by atoms with van der Waals surface area (Å²) < 4.78 is 39.4. The van der Waals surface area contributed by atoms with Crippen LogP contribution in [-0.2, 0) is 10.0 Å². The second kappa shape index (κ2) is 7.51. The van der Waals surface area contributed by atoms with Crippen LogP contribution in [0.2, 0.25) is 5.02 Å². The summed E-state index contributed by atoms with van der Waals surface area (Å²) in [7, 11) is -1.04. The summed E-state index contributed by atoms with van der Waals surface area (Å²) in [5.41, 5.74) is 0.457. The number of carbonyl (C=O) groups is 1. The molecule has 0 spiro atoms. The lowest BCUT2D eigenvalue weighted by Gasteiger charge is -2.17. The first kappa shape index (κ1) is 19.4. The van der Waals surface area contributed by atoms with Crippen LogP contribution in [0.3, 0.4) is 0 Å². The largest absolute Gasteiger partial charge is 0.345 e. The van der Waals surface area contributed by atoms with Crippen molar-refractivity contribution in [2.75, 3.05) is 14.1 Å². The Morgan fingerprint density at radius 3 is 2.44 bits per heavy atom. The molecule has 0 aliphatic heterocycles. The fraction of sp³-hybridized carbons (Fsp3) is 0.235. The van der Waals surface area contributed by atoms with Gasteiger partial charge in [0.05, 0.1) is 11.1 Å². The molecule has 0 aromatic heterocycles. The van der Waals surface area contributed by atoms with Crippen LogP contribution in [0.15, 0.2) is 47.4 Å². The highest BCUT2D eigenvalue weighted by atomic mass is 35.5. The first-order chi connectivity index (χ1) is 11.6. The number of nitrogens with zero attached hydrogens (tertiary/aromatic N) is 1. The van der Waals surface area contributed by atoms with Gasteiger partial charge in [0.15, 0.2) is 0 Å². The average molecular weight is 385 g/mol. The van der Waals surface area contributed by atoms with Crippen LogP contribution >= 0.6 is 11.6 Å². The molecule has 2 aromatic rings. The highest BCUT2D eigenvalue weighted by Crippen LogP contribution is 2.25. The number of sulfonamides is 1.